The fourth-order valence-corrected chi connectivity index (χ4v) is 1.53. The monoisotopic (exact) mass is 348 g/mol. The minimum absolute atomic E-state index is 0.0426. The number of nitrogens with zero attached hydrogens (tertiary/aromatic N) is 1. The van der Waals surface area contributed by atoms with Gasteiger partial charge in [0, 0.05) is 0 Å². The van der Waals surface area contributed by atoms with Crippen LogP contribution in [0.15, 0.2) is 12.7 Å². The number of rotatable bonds is 12. The van der Waals surface area contributed by atoms with Crippen LogP contribution in [-0.2, 0) is 20.0 Å². The van der Waals surface area contributed by atoms with Gasteiger partial charge in [-0.15, -0.1) is 6.58 Å². The molecule has 0 aliphatic rings. The van der Waals surface area contributed by atoms with Gasteiger partial charge in [0.15, 0.2) is 0 Å². The van der Waals surface area contributed by atoms with Crippen molar-refractivity contribution >= 4 is 10.4 Å². The summed E-state index contributed by atoms with van der Waals surface area (Å²) in [5.74, 6) is 0. The highest BCUT2D eigenvalue weighted by atomic mass is 32.3. The molecule has 0 amide bonds. The molecule has 0 rings (SSSR count). The predicted octanol–water partition coefficient (Wildman–Crippen LogP) is -1.74. The molecule has 0 atom stereocenters. The summed E-state index contributed by atoms with van der Waals surface area (Å²) in [4.78, 5) is 5.60. The average Bonchev–Trinajstić information content (AvgIpc) is 2.37. The number of hydroxylamine groups is 3. The third kappa shape index (κ3) is 17.4. The van der Waals surface area contributed by atoms with E-state index in [2.05, 4.69) is 6.58 Å². The van der Waals surface area contributed by atoms with Crippen LogP contribution in [0.2, 0.25) is 0 Å². The number of hydrogen-bond acceptors (Lipinski definition) is 7. The lowest BCUT2D eigenvalue weighted by atomic mass is 10.4. The van der Waals surface area contributed by atoms with Crippen LogP contribution >= 0.6 is 0 Å². The number of quaternary nitrogens is 1. The van der Waals surface area contributed by atoms with Crippen molar-refractivity contribution in [2.45, 2.75) is 0 Å². The van der Waals surface area contributed by atoms with E-state index >= 15 is 0 Å². The van der Waals surface area contributed by atoms with Crippen molar-refractivity contribution in [2.24, 2.45) is 0 Å². The fourth-order valence-electron chi connectivity index (χ4n) is 1.53. The summed E-state index contributed by atoms with van der Waals surface area (Å²) < 4.78 is 36.8. The van der Waals surface area contributed by atoms with E-state index in [1.807, 2.05) is 0 Å². The first-order valence-corrected chi connectivity index (χ1v) is 7.86. The highest BCUT2D eigenvalue weighted by molar-refractivity contribution is 7.79. The van der Waals surface area contributed by atoms with Gasteiger partial charge >= 0.3 is 10.4 Å². The Morgan fingerprint density at radius 2 is 1.36 bits per heavy atom. The summed E-state index contributed by atoms with van der Waals surface area (Å²) >= 11 is 0. The topological polar surface area (TPSA) is 154 Å². The van der Waals surface area contributed by atoms with E-state index < -0.39 is 10.4 Å². The van der Waals surface area contributed by atoms with Crippen LogP contribution in [0.1, 0.15) is 0 Å². The van der Waals surface area contributed by atoms with Crippen molar-refractivity contribution in [3.05, 3.63) is 12.7 Å². The first kappa shape index (κ1) is 23.6. The van der Waals surface area contributed by atoms with Gasteiger partial charge in [-0.2, -0.15) is 13.1 Å². The van der Waals surface area contributed by atoms with Crippen molar-refractivity contribution in [2.75, 3.05) is 59.3 Å². The first-order valence-electron chi connectivity index (χ1n) is 6.46. The van der Waals surface area contributed by atoms with Gasteiger partial charge < -0.3 is 20.1 Å². The Bertz CT molecular complexity index is 336. The molecule has 0 aliphatic carbocycles. The molecule has 0 radical (unpaired) electrons. The number of hydrogen-bond donors (Lipinski definition) is 5. The standard InChI is InChI=1S/C11H24NO5.H2O4S/c1-2-9-16-10-11-17-12(3-6-13,4-7-14)5-8-15;1-5(2,3)4/h2,13-15H,1,3-11H2;(H2,1,2,3,4)/q+1;. The Morgan fingerprint density at radius 1 is 0.955 bits per heavy atom. The zero-order valence-corrected chi connectivity index (χ0v) is 13.2. The second-order valence-electron chi connectivity index (χ2n) is 4.04. The molecule has 0 spiro atoms. The van der Waals surface area contributed by atoms with Crippen LogP contribution in [0.25, 0.3) is 0 Å². The van der Waals surface area contributed by atoms with E-state index in [-0.39, 0.29) is 24.5 Å². The largest absolute Gasteiger partial charge is 0.394 e. The Labute approximate surface area is 130 Å². The van der Waals surface area contributed by atoms with Crippen molar-refractivity contribution in [3.8, 4) is 0 Å². The smallest absolute Gasteiger partial charge is 0.390 e. The van der Waals surface area contributed by atoms with Crippen LogP contribution in [-0.4, -0.2) is 96.8 Å². The van der Waals surface area contributed by atoms with E-state index in [9.17, 15) is 0 Å². The van der Waals surface area contributed by atoms with Gasteiger partial charge in [0.05, 0.1) is 33.0 Å². The summed E-state index contributed by atoms with van der Waals surface area (Å²) in [5.41, 5.74) is 0. The summed E-state index contributed by atoms with van der Waals surface area (Å²) in [7, 11) is -4.67. The van der Waals surface area contributed by atoms with Gasteiger partial charge in [-0.25, -0.2) is 4.84 Å². The summed E-state index contributed by atoms with van der Waals surface area (Å²) in [6, 6.07) is 0. The molecule has 134 valence electrons. The number of aliphatic hydroxyl groups is 3. The quantitative estimate of drug-likeness (QED) is 0.0909. The van der Waals surface area contributed by atoms with E-state index in [0.717, 1.165) is 0 Å². The number of ether oxygens (including phenoxy) is 1. The molecule has 0 saturated heterocycles. The van der Waals surface area contributed by atoms with Gasteiger partial charge in [0.25, 0.3) is 0 Å². The highest BCUT2D eigenvalue weighted by Crippen LogP contribution is 2.07. The van der Waals surface area contributed by atoms with Crippen molar-refractivity contribution in [1.82, 2.24) is 0 Å². The molecular formula is C11H26NO9S+. The van der Waals surface area contributed by atoms with Crippen molar-refractivity contribution in [1.29, 1.82) is 0 Å². The Kier molecular flexibility index (Phi) is 15.0. The minimum Gasteiger partial charge on any atom is -0.390 e. The Hall–Kier alpha value is -0.630. The molecule has 0 unspecified atom stereocenters. The SMILES string of the molecule is C=CCOCCO[N+](CCO)(CCO)CCO.O=S(=O)(O)O. The van der Waals surface area contributed by atoms with Crippen LogP contribution in [0.5, 0.6) is 0 Å². The molecule has 0 heterocycles. The van der Waals surface area contributed by atoms with Gasteiger partial charge in [-0.05, 0) is 0 Å². The van der Waals surface area contributed by atoms with Crippen LogP contribution in [0, 0.1) is 0 Å². The van der Waals surface area contributed by atoms with Crippen molar-refractivity contribution < 1.29 is 47.1 Å². The second kappa shape index (κ2) is 14.0. The summed E-state index contributed by atoms with van der Waals surface area (Å²) in [6.07, 6.45) is 1.65. The normalized spacial score (nSPS) is 11.7. The molecule has 0 aliphatic heterocycles. The molecule has 11 heteroatoms. The average molecular weight is 348 g/mol. The van der Waals surface area contributed by atoms with E-state index in [1.165, 1.54) is 0 Å². The van der Waals surface area contributed by atoms with Crippen LogP contribution < -0.4 is 0 Å². The molecule has 0 aromatic rings. The number of aliphatic hydroxyl groups excluding tert-OH is 3. The third-order valence-corrected chi connectivity index (χ3v) is 2.35. The second-order valence-corrected chi connectivity index (χ2v) is 4.94. The van der Waals surface area contributed by atoms with Crippen molar-refractivity contribution in [3.63, 3.8) is 0 Å². The molecule has 0 saturated carbocycles. The maximum absolute atomic E-state index is 8.99. The summed E-state index contributed by atoms with van der Waals surface area (Å²) in [5, 5.41) is 27.0. The van der Waals surface area contributed by atoms with E-state index in [4.69, 9.17) is 42.4 Å². The Balaban J connectivity index is 0. The maximum Gasteiger partial charge on any atom is 0.394 e. The van der Waals surface area contributed by atoms with E-state index in [1.54, 1.807) is 6.08 Å². The fraction of sp³-hybridized carbons (Fsp3) is 0.818. The van der Waals surface area contributed by atoms with Crippen LogP contribution in [0.3, 0.4) is 0 Å². The Morgan fingerprint density at radius 3 is 1.68 bits per heavy atom. The lowest BCUT2D eigenvalue weighted by Crippen LogP contribution is -2.53. The predicted molar refractivity (Wildman–Crippen MR) is 77.3 cm³/mol. The maximum atomic E-state index is 8.99. The molecule has 0 fully saturated rings. The molecule has 0 bridgehead atoms. The zero-order chi connectivity index (χ0) is 17.5. The lowest BCUT2D eigenvalue weighted by molar-refractivity contribution is -1.10. The lowest BCUT2D eigenvalue weighted by Gasteiger charge is -2.34. The molecule has 5 N–H and O–H groups in total. The molecule has 0 aromatic carbocycles. The van der Waals surface area contributed by atoms with Gasteiger partial charge in [-0.1, -0.05) is 6.08 Å². The van der Waals surface area contributed by atoms with Gasteiger partial charge in [0.1, 0.15) is 26.2 Å². The molecule has 22 heavy (non-hydrogen) atoms. The third-order valence-electron chi connectivity index (χ3n) is 2.35. The molecular weight excluding hydrogens is 322 g/mol. The molecule has 0 aromatic heterocycles. The van der Waals surface area contributed by atoms with Gasteiger partial charge in [-0.3, -0.25) is 9.11 Å². The zero-order valence-electron chi connectivity index (χ0n) is 12.4. The highest BCUT2D eigenvalue weighted by Gasteiger charge is 2.28. The minimum atomic E-state index is -4.67. The van der Waals surface area contributed by atoms with Gasteiger partial charge in [0.2, 0.25) is 0 Å². The first-order chi connectivity index (χ1) is 10.2. The van der Waals surface area contributed by atoms with E-state index in [0.29, 0.717) is 39.5 Å². The summed E-state index contributed by atoms with van der Waals surface area (Å²) in [6.45, 7) is 5.56. The molecule has 10 nitrogen and oxygen atoms in total. The van der Waals surface area contributed by atoms with Crippen LogP contribution in [0.4, 0.5) is 0 Å².